The van der Waals surface area contributed by atoms with Crippen molar-refractivity contribution in [3.05, 3.63) is 29.6 Å². The molecule has 0 bridgehead atoms. The second-order valence-corrected chi connectivity index (χ2v) is 5.53. The summed E-state index contributed by atoms with van der Waals surface area (Å²) in [5.74, 6) is 0.236. The fraction of sp³-hybridized carbons (Fsp3) is 0.500. The van der Waals surface area contributed by atoms with E-state index in [4.69, 9.17) is 4.74 Å². The monoisotopic (exact) mass is 302 g/mol. The summed E-state index contributed by atoms with van der Waals surface area (Å²) in [4.78, 5) is 10.8. The van der Waals surface area contributed by atoms with Gasteiger partial charge in [0.15, 0.2) is 5.12 Å². The van der Waals surface area contributed by atoms with Gasteiger partial charge in [-0.2, -0.15) is 0 Å². The van der Waals surface area contributed by atoms with Gasteiger partial charge in [0.2, 0.25) is 0 Å². The number of carbonyl (C=O) groups is 1. The van der Waals surface area contributed by atoms with Crippen LogP contribution in [-0.2, 0) is 4.79 Å². The van der Waals surface area contributed by atoms with Gasteiger partial charge < -0.3 is 14.9 Å². The van der Waals surface area contributed by atoms with Gasteiger partial charge in [-0.05, 0) is 31.5 Å². The Kier molecular flexibility index (Phi) is 6.98. The molecule has 112 valence electrons. The van der Waals surface area contributed by atoms with Crippen LogP contribution >= 0.6 is 11.8 Å². The number of hydrogen-bond donors (Lipinski definition) is 2. The molecule has 0 fully saturated rings. The van der Waals surface area contributed by atoms with Crippen LogP contribution in [0.15, 0.2) is 18.2 Å². The first-order valence-electron chi connectivity index (χ1n) is 6.37. The van der Waals surface area contributed by atoms with Crippen LogP contribution in [0.2, 0.25) is 0 Å². The fourth-order valence-corrected chi connectivity index (χ4v) is 2.37. The molecule has 6 heteroatoms. The zero-order chi connectivity index (χ0) is 15.1. The van der Waals surface area contributed by atoms with E-state index in [1.165, 1.54) is 19.1 Å². The van der Waals surface area contributed by atoms with Crippen molar-refractivity contribution in [1.29, 1.82) is 0 Å². The van der Waals surface area contributed by atoms with Crippen molar-refractivity contribution in [2.75, 3.05) is 12.4 Å². The van der Waals surface area contributed by atoms with Crippen LogP contribution in [-0.4, -0.2) is 33.8 Å². The predicted molar refractivity (Wildman–Crippen MR) is 76.3 cm³/mol. The fourth-order valence-electron chi connectivity index (χ4n) is 1.73. The van der Waals surface area contributed by atoms with Gasteiger partial charge in [-0.25, -0.2) is 4.39 Å². The Hall–Kier alpha value is -1.11. The molecular weight excluding hydrogens is 283 g/mol. The molecular formula is C14H19FO4S. The van der Waals surface area contributed by atoms with E-state index in [9.17, 15) is 19.4 Å². The summed E-state index contributed by atoms with van der Waals surface area (Å²) in [7, 11) is 0. The average molecular weight is 302 g/mol. The van der Waals surface area contributed by atoms with Gasteiger partial charge in [0, 0.05) is 18.2 Å². The van der Waals surface area contributed by atoms with Gasteiger partial charge in [0.05, 0.1) is 12.7 Å². The summed E-state index contributed by atoms with van der Waals surface area (Å²) in [6, 6.07) is 3.81. The maximum Gasteiger partial charge on any atom is 0.185 e. The SMILES string of the molecule is CCOc1ccc(F)cc1C(O)C(O)CCSC(C)=O. The molecule has 4 nitrogen and oxygen atoms in total. The minimum Gasteiger partial charge on any atom is -0.493 e. The van der Waals surface area contributed by atoms with Crippen LogP contribution in [0.1, 0.15) is 31.9 Å². The maximum atomic E-state index is 13.3. The quantitative estimate of drug-likeness (QED) is 0.809. The first-order chi connectivity index (χ1) is 9.45. The molecule has 0 aliphatic carbocycles. The van der Waals surface area contributed by atoms with Crippen LogP contribution in [0.5, 0.6) is 5.75 Å². The van der Waals surface area contributed by atoms with Crippen LogP contribution in [0.3, 0.4) is 0 Å². The Bertz CT molecular complexity index is 453. The number of aliphatic hydroxyl groups is 2. The van der Waals surface area contributed by atoms with Crippen molar-refractivity contribution in [2.45, 2.75) is 32.5 Å². The number of rotatable bonds is 7. The molecule has 0 heterocycles. The topological polar surface area (TPSA) is 66.8 Å². The summed E-state index contributed by atoms with van der Waals surface area (Å²) in [5.41, 5.74) is 0.215. The van der Waals surface area contributed by atoms with E-state index in [1.807, 2.05) is 0 Å². The van der Waals surface area contributed by atoms with E-state index in [-0.39, 0.29) is 17.1 Å². The molecule has 1 aromatic carbocycles. The summed E-state index contributed by atoms with van der Waals surface area (Å²) in [6.45, 7) is 3.59. The van der Waals surface area contributed by atoms with Crippen molar-refractivity contribution in [3.63, 3.8) is 0 Å². The summed E-state index contributed by atoms with van der Waals surface area (Å²) < 4.78 is 18.6. The van der Waals surface area contributed by atoms with Crippen molar-refractivity contribution in [3.8, 4) is 5.75 Å². The van der Waals surface area contributed by atoms with Gasteiger partial charge >= 0.3 is 0 Å². The zero-order valence-electron chi connectivity index (χ0n) is 11.5. The van der Waals surface area contributed by atoms with Gasteiger partial charge in [-0.3, -0.25) is 4.79 Å². The summed E-state index contributed by atoms with van der Waals surface area (Å²) in [6.07, 6.45) is -2.10. The largest absolute Gasteiger partial charge is 0.493 e. The van der Waals surface area contributed by atoms with E-state index in [1.54, 1.807) is 6.92 Å². The van der Waals surface area contributed by atoms with Crippen LogP contribution in [0.25, 0.3) is 0 Å². The van der Waals surface area contributed by atoms with Crippen LogP contribution in [0, 0.1) is 5.82 Å². The summed E-state index contributed by atoms with van der Waals surface area (Å²) in [5, 5.41) is 20.0. The number of hydrogen-bond acceptors (Lipinski definition) is 5. The van der Waals surface area contributed by atoms with Gasteiger partial charge in [-0.15, -0.1) is 0 Å². The van der Waals surface area contributed by atoms with Gasteiger partial charge in [-0.1, -0.05) is 11.8 Å². The summed E-state index contributed by atoms with van der Waals surface area (Å²) >= 11 is 1.07. The Balaban J connectivity index is 2.76. The number of benzene rings is 1. The standard InChI is InChI=1S/C14H19FO4S/c1-3-19-13-5-4-10(15)8-11(13)14(18)12(17)6-7-20-9(2)16/h4-5,8,12,14,17-18H,3,6-7H2,1-2H3. The molecule has 1 rings (SSSR count). The second-order valence-electron chi connectivity index (χ2n) is 4.26. The minimum atomic E-state index is -1.25. The van der Waals surface area contributed by atoms with Gasteiger partial charge in [0.1, 0.15) is 17.7 Å². The Morgan fingerprint density at radius 1 is 1.45 bits per heavy atom. The Morgan fingerprint density at radius 2 is 2.15 bits per heavy atom. The highest BCUT2D eigenvalue weighted by Gasteiger charge is 2.22. The highest BCUT2D eigenvalue weighted by molar-refractivity contribution is 8.13. The first-order valence-corrected chi connectivity index (χ1v) is 7.36. The molecule has 2 atom stereocenters. The third-order valence-corrected chi connectivity index (χ3v) is 3.52. The molecule has 1 aromatic rings. The van der Waals surface area contributed by atoms with Gasteiger partial charge in [0.25, 0.3) is 0 Å². The van der Waals surface area contributed by atoms with Crippen LogP contribution < -0.4 is 4.74 Å². The molecule has 0 aliphatic heterocycles. The second kappa shape index (κ2) is 8.24. The van der Waals surface area contributed by atoms with E-state index in [0.29, 0.717) is 18.1 Å². The van der Waals surface area contributed by atoms with Crippen LogP contribution in [0.4, 0.5) is 4.39 Å². The molecule has 20 heavy (non-hydrogen) atoms. The molecule has 0 aliphatic rings. The lowest BCUT2D eigenvalue weighted by atomic mass is 10.0. The number of thioether (sulfide) groups is 1. The number of carbonyl (C=O) groups excluding carboxylic acids is 1. The molecule has 0 amide bonds. The molecule has 0 radical (unpaired) electrons. The number of aliphatic hydroxyl groups excluding tert-OH is 2. The lowest BCUT2D eigenvalue weighted by Crippen LogP contribution is -2.20. The van der Waals surface area contributed by atoms with Crippen molar-refractivity contribution < 1.29 is 24.1 Å². The number of ether oxygens (including phenoxy) is 1. The maximum absolute atomic E-state index is 13.3. The minimum absolute atomic E-state index is 0.0487. The smallest absolute Gasteiger partial charge is 0.185 e. The average Bonchev–Trinajstić information content (AvgIpc) is 2.39. The Morgan fingerprint density at radius 3 is 2.75 bits per heavy atom. The molecule has 2 unspecified atom stereocenters. The third kappa shape index (κ3) is 5.11. The lowest BCUT2D eigenvalue weighted by Gasteiger charge is -2.20. The highest BCUT2D eigenvalue weighted by Crippen LogP contribution is 2.29. The molecule has 2 N–H and O–H groups in total. The lowest BCUT2D eigenvalue weighted by molar-refractivity contribution is -0.109. The molecule has 0 saturated heterocycles. The van der Waals surface area contributed by atoms with E-state index >= 15 is 0 Å². The van der Waals surface area contributed by atoms with Crippen molar-refractivity contribution >= 4 is 16.9 Å². The third-order valence-electron chi connectivity index (χ3n) is 2.67. The molecule has 0 spiro atoms. The van der Waals surface area contributed by atoms with E-state index < -0.39 is 18.0 Å². The molecule has 0 aromatic heterocycles. The van der Waals surface area contributed by atoms with E-state index in [0.717, 1.165) is 17.8 Å². The first kappa shape index (κ1) is 16.9. The Labute approximate surface area is 122 Å². The highest BCUT2D eigenvalue weighted by atomic mass is 32.2. The van der Waals surface area contributed by atoms with Crippen molar-refractivity contribution in [1.82, 2.24) is 0 Å². The van der Waals surface area contributed by atoms with E-state index in [2.05, 4.69) is 0 Å². The van der Waals surface area contributed by atoms with Crippen molar-refractivity contribution in [2.24, 2.45) is 0 Å². The zero-order valence-corrected chi connectivity index (χ0v) is 12.3. The number of halogens is 1. The molecule has 0 saturated carbocycles. The normalized spacial score (nSPS) is 13.8. The predicted octanol–water partition coefficient (Wildman–Crippen LogP) is 2.29.